The van der Waals surface area contributed by atoms with E-state index in [0.29, 0.717) is 11.6 Å². The summed E-state index contributed by atoms with van der Waals surface area (Å²) in [5.41, 5.74) is 0.496. The molecular formula is C12H18F2N2. The summed E-state index contributed by atoms with van der Waals surface area (Å²) in [4.78, 5) is 5.81. The van der Waals surface area contributed by atoms with Gasteiger partial charge in [-0.05, 0) is 39.4 Å². The average Bonchev–Trinajstić information content (AvgIpc) is 2.26. The van der Waals surface area contributed by atoms with Gasteiger partial charge in [0.05, 0.1) is 0 Å². The summed E-state index contributed by atoms with van der Waals surface area (Å²) in [6, 6.07) is 3.67. The molecule has 0 aliphatic carbocycles. The van der Waals surface area contributed by atoms with E-state index in [1.165, 1.54) is 6.20 Å². The van der Waals surface area contributed by atoms with Gasteiger partial charge in [-0.15, -0.1) is 0 Å². The first-order valence-corrected chi connectivity index (χ1v) is 5.40. The molecule has 0 amide bonds. The van der Waals surface area contributed by atoms with Crippen molar-refractivity contribution < 1.29 is 8.78 Å². The Morgan fingerprint density at radius 3 is 2.38 bits per heavy atom. The van der Waals surface area contributed by atoms with Crippen LogP contribution < -0.4 is 0 Å². The van der Waals surface area contributed by atoms with E-state index in [1.54, 1.807) is 12.1 Å². The van der Waals surface area contributed by atoms with Gasteiger partial charge in [0.15, 0.2) is 0 Å². The molecule has 1 aromatic heterocycles. The van der Waals surface area contributed by atoms with Gasteiger partial charge in [-0.2, -0.15) is 0 Å². The summed E-state index contributed by atoms with van der Waals surface area (Å²) in [6.45, 7) is 5.99. The van der Waals surface area contributed by atoms with E-state index in [2.05, 4.69) is 4.98 Å². The molecule has 0 fully saturated rings. The molecular weight excluding hydrogens is 210 g/mol. The largest absolute Gasteiger partial charge is 0.297 e. The Hall–Kier alpha value is -1.03. The Morgan fingerprint density at radius 2 is 1.88 bits per heavy atom. The van der Waals surface area contributed by atoms with Crippen LogP contribution in [0.2, 0.25) is 0 Å². The van der Waals surface area contributed by atoms with Gasteiger partial charge in [0, 0.05) is 18.3 Å². The van der Waals surface area contributed by atoms with E-state index in [0.717, 1.165) is 0 Å². The van der Waals surface area contributed by atoms with Gasteiger partial charge in [0.25, 0.3) is 6.43 Å². The van der Waals surface area contributed by atoms with Crippen molar-refractivity contribution in [2.45, 2.75) is 39.3 Å². The number of hydrogen-bond acceptors (Lipinski definition) is 2. The van der Waals surface area contributed by atoms with Crippen molar-refractivity contribution in [3.05, 3.63) is 29.6 Å². The second kappa shape index (κ2) is 5.34. The molecule has 1 unspecified atom stereocenters. The van der Waals surface area contributed by atoms with E-state index in [-0.39, 0.29) is 11.7 Å². The normalized spacial score (nSPS) is 13.8. The fourth-order valence-corrected chi connectivity index (χ4v) is 1.63. The SMILES string of the molecule is CC(C)N(C)C(C)c1cccnc1C(F)F. The molecule has 0 saturated carbocycles. The first-order chi connectivity index (χ1) is 7.45. The van der Waals surface area contributed by atoms with Crippen LogP contribution in [0.5, 0.6) is 0 Å². The molecule has 1 atom stereocenters. The monoisotopic (exact) mass is 228 g/mol. The number of alkyl halides is 2. The lowest BCUT2D eigenvalue weighted by atomic mass is 10.0. The standard InChI is InChI=1S/C12H18F2N2/c1-8(2)16(4)9(3)10-6-5-7-15-11(10)12(13)14/h5-9,12H,1-4H3. The number of pyridine rings is 1. The maximum absolute atomic E-state index is 12.8. The number of nitrogens with zero attached hydrogens (tertiary/aromatic N) is 2. The Kier molecular flexibility index (Phi) is 4.35. The lowest BCUT2D eigenvalue weighted by Crippen LogP contribution is -2.30. The third kappa shape index (κ3) is 2.76. The molecule has 0 saturated heterocycles. The lowest BCUT2D eigenvalue weighted by molar-refractivity contribution is 0.139. The zero-order valence-corrected chi connectivity index (χ0v) is 10.1. The third-order valence-corrected chi connectivity index (χ3v) is 2.95. The van der Waals surface area contributed by atoms with E-state index in [1.807, 2.05) is 32.7 Å². The summed E-state index contributed by atoms with van der Waals surface area (Å²) in [6.07, 6.45) is -1.10. The number of hydrogen-bond donors (Lipinski definition) is 0. The fraction of sp³-hybridized carbons (Fsp3) is 0.583. The van der Waals surface area contributed by atoms with Crippen LogP contribution in [0.1, 0.15) is 44.5 Å². The summed E-state index contributed by atoms with van der Waals surface area (Å²) in [5.74, 6) is 0. The van der Waals surface area contributed by atoms with E-state index < -0.39 is 6.43 Å². The second-order valence-electron chi connectivity index (χ2n) is 4.21. The molecule has 2 nitrogen and oxygen atoms in total. The van der Waals surface area contributed by atoms with Crippen molar-refractivity contribution in [2.24, 2.45) is 0 Å². The zero-order valence-electron chi connectivity index (χ0n) is 10.1. The van der Waals surface area contributed by atoms with Gasteiger partial charge in [-0.3, -0.25) is 9.88 Å². The Balaban J connectivity index is 3.03. The molecule has 1 heterocycles. The number of rotatable bonds is 4. The first kappa shape index (κ1) is 13.0. The smallest absolute Gasteiger partial charge is 0.280 e. The molecule has 0 bridgehead atoms. The third-order valence-electron chi connectivity index (χ3n) is 2.95. The van der Waals surface area contributed by atoms with Crippen LogP contribution in [0.4, 0.5) is 8.78 Å². The van der Waals surface area contributed by atoms with Crippen LogP contribution in [-0.4, -0.2) is 23.0 Å². The van der Waals surface area contributed by atoms with Gasteiger partial charge in [-0.1, -0.05) is 6.07 Å². The van der Waals surface area contributed by atoms with Crippen LogP contribution in [0.25, 0.3) is 0 Å². The predicted octanol–water partition coefficient (Wildman–Crippen LogP) is 3.42. The fourth-order valence-electron chi connectivity index (χ4n) is 1.63. The van der Waals surface area contributed by atoms with Gasteiger partial charge in [0.2, 0.25) is 0 Å². The summed E-state index contributed by atoms with van der Waals surface area (Å²) >= 11 is 0. The van der Waals surface area contributed by atoms with Crippen LogP contribution in [0.15, 0.2) is 18.3 Å². The molecule has 0 spiro atoms. The van der Waals surface area contributed by atoms with Gasteiger partial charge >= 0.3 is 0 Å². The van der Waals surface area contributed by atoms with Crippen molar-refractivity contribution in [3.63, 3.8) is 0 Å². The maximum Gasteiger partial charge on any atom is 0.280 e. The zero-order chi connectivity index (χ0) is 12.3. The molecule has 0 aliphatic heterocycles. The summed E-state index contributed by atoms with van der Waals surface area (Å²) < 4.78 is 25.5. The molecule has 1 aromatic rings. The van der Waals surface area contributed by atoms with Crippen LogP contribution in [0.3, 0.4) is 0 Å². The Labute approximate surface area is 95.3 Å². The first-order valence-electron chi connectivity index (χ1n) is 5.40. The second-order valence-corrected chi connectivity index (χ2v) is 4.21. The topological polar surface area (TPSA) is 16.1 Å². The number of halogens is 2. The van der Waals surface area contributed by atoms with Gasteiger partial charge < -0.3 is 0 Å². The maximum atomic E-state index is 12.8. The van der Waals surface area contributed by atoms with Crippen molar-refractivity contribution >= 4 is 0 Å². The van der Waals surface area contributed by atoms with Crippen LogP contribution in [0, 0.1) is 0 Å². The molecule has 1 rings (SSSR count). The lowest BCUT2D eigenvalue weighted by Gasteiger charge is -2.29. The molecule has 90 valence electrons. The van der Waals surface area contributed by atoms with Crippen molar-refractivity contribution in [1.82, 2.24) is 9.88 Å². The summed E-state index contributed by atoms with van der Waals surface area (Å²) in [7, 11) is 1.93. The molecule has 16 heavy (non-hydrogen) atoms. The highest BCUT2D eigenvalue weighted by Crippen LogP contribution is 2.28. The number of aromatic nitrogens is 1. The molecule has 0 aromatic carbocycles. The minimum Gasteiger partial charge on any atom is -0.297 e. The molecule has 0 N–H and O–H groups in total. The minimum absolute atomic E-state index is 0.0577. The van der Waals surface area contributed by atoms with Crippen molar-refractivity contribution in [3.8, 4) is 0 Å². The Bertz CT molecular complexity index is 340. The van der Waals surface area contributed by atoms with Gasteiger partial charge in [0.1, 0.15) is 5.69 Å². The van der Waals surface area contributed by atoms with E-state index >= 15 is 0 Å². The highest BCUT2D eigenvalue weighted by Gasteiger charge is 2.22. The summed E-state index contributed by atoms with van der Waals surface area (Å²) in [5, 5.41) is 0. The quantitative estimate of drug-likeness (QED) is 0.785. The highest BCUT2D eigenvalue weighted by atomic mass is 19.3. The average molecular weight is 228 g/mol. The van der Waals surface area contributed by atoms with Crippen LogP contribution >= 0.6 is 0 Å². The van der Waals surface area contributed by atoms with Crippen LogP contribution in [-0.2, 0) is 0 Å². The minimum atomic E-state index is -2.51. The molecule has 0 aliphatic rings. The molecule has 4 heteroatoms. The van der Waals surface area contributed by atoms with Gasteiger partial charge in [-0.25, -0.2) is 8.78 Å². The Morgan fingerprint density at radius 1 is 1.25 bits per heavy atom. The molecule has 0 radical (unpaired) electrons. The van der Waals surface area contributed by atoms with Crippen molar-refractivity contribution in [1.29, 1.82) is 0 Å². The van der Waals surface area contributed by atoms with E-state index in [9.17, 15) is 8.78 Å². The van der Waals surface area contributed by atoms with Crippen molar-refractivity contribution in [2.75, 3.05) is 7.05 Å². The highest BCUT2D eigenvalue weighted by molar-refractivity contribution is 5.24. The predicted molar refractivity (Wildman–Crippen MR) is 60.5 cm³/mol. The van der Waals surface area contributed by atoms with E-state index in [4.69, 9.17) is 0 Å².